The molecule has 8 heteroatoms. The summed E-state index contributed by atoms with van der Waals surface area (Å²) in [5, 5.41) is 2.50. The van der Waals surface area contributed by atoms with Crippen molar-refractivity contribution in [3.63, 3.8) is 0 Å². The zero-order valence-corrected chi connectivity index (χ0v) is 14.0. The van der Waals surface area contributed by atoms with E-state index >= 15 is 0 Å². The summed E-state index contributed by atoms with van der Waals surface area (Å²) >= 11 is 0. The molecule has 1 saturated heterocycles. The van der Waals surface area contributed by atoms with Crippen molar-refractivity contribution in [2.45, 2.75) is 26.1 Å². The van der Waals surface area contributed by atoms with Crippen LogP contribution < -0.4 is 5.32 Å². The SMILES string of the molecule is CC1CN(S(=O)(=O)CCNC(=O)c2cccc(F)c2)CC(C)O1. The second-order valence-electron chi connectivity index (χ2n) is 5.66. The predicted octanol–water partition coefficient (Wildman–Crippen LogP) is 0.994. The number of carbonyl (C=O) groups is 1. The van der Waals surface area contributed by atoms with Gasteiger partial charge in [0, 0.05) is 25.2 Å². The summed E-state index contributed by atoms with van der Waals surface area (Å²) in [6.07, 6.45) is -0.314. The van der Waals surface area contributed by atoms with Gasteiger partial charge in [-0.3, -0.25) is 4.79 Å². The van der Waals surface area contributed by atoms with Crippen molar-refractivity contribution < 1.29 is 22.3 Å². The Hall–Kier alpha value is -1.51. The summed E-state index contributed by atoms with van der Waals surface area (Å²) < 4.78 is 44.6. The lowest BCUT2D eigenvalue weighted by Gasteiger charge is -2.34. The Bertz CT molecular complexity index is 655. The summed E-state index contributed by atoms with van der Waals surface area (Å²) in [5.41, 5.74) is 0.163. The molecule has 0 spiro atoms. The molecular formula is C15H21FN2O4S. The van der Waals surface area contributed by atoms with Crippen molar-refractivity contribution >= 4 is 15.9 Å². The zero-order chi connectivity index (χ0) is 17.0. The van der Waals surface area contributed by atoms with Gasteiger partial charge in [-0.1, -0.05) is 6.07 Å². The number of benzene rings is 1. The number of rotatable bonds is 5. The molecule has 1 fully saturated rings. The fourth-order valence-corrected chi connectivity index (χ4v) is 4.00. The van der Waals surface area contributed by atoms with Gasteiger partial charge >= 0.3 is 0 Å². The molecule has 1 aromatic rings. The molecule has 1 aromatic carbocycles. The van der Waals surface area contributed by atoms with Crippen LogP contribution in [0.25, 0.3) is 0 Å². The van der Waals surface area contributed by atoms with Gasteiger partial charge in [0.05, 0.1) is 18.0 Å². The molecule has 1 N–H and O–H groups in total. The summed E-state index contributed by atoms with van der Waals surface area (Å²) in [7, 11) is -3.47. The van der Waals surface area contributed by atoms with Crippen LogP contribution in [0.2, 0.25) is 0 Å². The summed E-state index contributed by atoms with van der Waals surface area (Å²) in [6, 6.07) is 5.24. The first-order valence-corrected chi connectivity index (χ1v) is 9.06. The minimum absolute atomic E-state index is 0.0300. The number of carbonyl (C=O) groups excluding carboxylic acids is 1. The Kier molecular flexibility index (Phi) is 5.72. The van der Waals surface area contributed by atoms with E-state index in [0.29, 0.717) is 13.1 Å². The van der Waals surface area contributed by atoms with E-state index in [1.165, 1.54) is 22.5 Å². The van der Waals surface area contributed by atoms with Crippen molar-refractivity contribution in [1.29, 1.82) is 0 Å². The second kappa shape index (κ2) is 7.37. The average molecular weight is 344 g/mol. The summed E-state index contributed by atoms with van der Waals surface area (Å²) in [4.78, 5) is 11.9. The fourth-order valence-electron chi connectivity index (χ4n) is 2.51. The number of nitrogens with zero attached hydrogens (tertiary/aromatic N) is 1. The van der Waals surface area contributed by atoms with Crippen LogP contribution in [0, 0.1) is 5.82 Å². The minimum Gasteiger partial charge on any atom is -0.373 e. The van der Waals surface area contributed by atoms with E-state index in [9.17, 15) is 17.6 Å². The average Bonchev–Trinajstić information content (AvgIpc) is 2.46. The number of nitrogens with one attached hydrogen (secondary N) is 1. The highest BCUT2D eigenvalue weighted by Crippen LogP contribution is 2.14. The van der Waals surface area contributed by atoms with Gasteiger partial charge in [0.2, 0.25) is 10.0 Å². The summed E-state index contributed by atoms with van der Waals surface area (Å²) in [5.74, 6) is -1.21. The number of ether oxygens (including phenoxy) is 1. The normalized spacial score (nSPS) is 22.7. The molecule has 2 atom stereocenters. The number of morpholine rings is 1. The van der Waals surface area contributed by atoms with Gasteiger partial charge < -0.3 is 10.1 Å². The molecule has 128 valence electrons. The first-order valence-electron chi connectivity index (χ1n) is 7.45. The van der Waals surface area contributed by atoms with E-state index < -0.39 is 21.7 Å². The highest BCUT2D eigenvalue weighted by molar-refractivity contribution is 7.89. The van der Waals surface area contributed by atoms with E-state index in [1.807, 2.05) is 13.8 Å². The molecule has 0 aliphatic carbocycles. The number of halogens is 1. The molecule has 2 rings (SSSR count). The quantitative estimate of drug-likeness (QED) is 0.864. The predicted molar refractivity (Wildman–Crippen MR) is 84.1 cm³/mol. The topological polar surface area (TPSA) is 75.7 Å². The molecule has 1 aliphatic heterocycles. The fraction of sp³-hybridized carbons (Fsp3) is 0.533. The Morgan fingerprint density at radius 3 is 2.61 bits per heavy atom. The maximum atomic E-state index is 13.1. The Labute approximate surface area is 135 Å². The number of hydrogen-bond acceptors (Lipinski definition) is 4. The highest BCUT2D eigenvalue weighted by Gasteiger charge is 2.30. The standard InChI is InChI=1S/C15H21FN2O4S/c1-11-9-18(10-12(2)22-11)23(20,21)7-6-17-15(19)13-4-3-5-14(16)8-13/h3-5,8,11-12H,6-7,9-10H2,1-2H3,(H,17,19). The highest BCUT2D eigenvalue weighted by atomic mass is 32.2. The number of hydrogen-bond donors (Lipinski definition) is 1. The van der Waals surface area contributed by atoms with Gasteiger partial charge in [-0.25, -0.2) is 12.8 Å². The number of amides is 1. The maximum Gasteiger partial charge on any atom is 0.251 e. The third kappa shape index (κ3) is 4.98. The van der Waals surface area contributed by atoms with Gasteiger partial charge in [0.25, 0.3) is 5.91 Å². The molecule has 23 heavy (non-hydrogen) atoms. The van der Waals surface area contributed by atoms with Crippen LogP contribution in [0.5, 0.6) is 0 Å². The van der Waals surface area contributed by atoms with Crippen LogP contribution in [-0.4, -0.2) is 56.2 Å². The molecule has 1 amide bonds. The van der Waals surface area contributed by atoms with Crippen LogP contribution in [0.15, 0.2) is 24.3 Å². The molecule has 0 radical (unpaired) electrons. The molecular weight excluding hydrogens is 323 g/mol. The molecule has 6 nitrogen and oxygen atoms in total. The van der Waals surface area contributed by atoms with Crippen LogP contribution in [0.4, 0.5) is 4.39 Å². The lowest BCUT2D eigenvalue weighted by Crippen LogP contribution is -2.49. The lowest BCUT2D eigenvalue weighted by atomic mass is 10.2. The van der Waals surface area contributed by atoms with E-state index in [1.54, 1.807) is 0 Å². The van der Waals surface area contributed by atoms with Crippen molar-refractivity contribution in [2.75, 3.05) is 25.4 Å². The van der Waals surface area contributed by atoms with E-state index in [2.05, 4.69) is 5.32 Å². The van der Waals surface area contributed by atoms with Crippen LogP contribution in [0.3, 0.4) is 0 Å². The van der Waals surface area contributed by atoms with Crippen molar-refractivity contribution in [1.82, 2.24) is 9.62 Å². The largest absolute Gasteiger partial charge is 0.373 e. The minimum atomic E-state index is -3.47. The van der Waals surface area contributed by atoms with Crippen molar-refractivity contribution in [3.8, 4) is 0 Å². The second-order valence-corrected chi connectivity index (χ2v) is 7.75. The van der Waals surface area contributed by atoms with Crippen LogP contribution in [0.1, 0.15) is 24.2 Å². The Morgan fingerprint density at radius 1 is 1.35 bits per heavy atom. The van der Waals surface area contributed by atoms with E-state index in [4.69, 9.17) is 4.74 Å². The third-order valence-electron chi connectivity index (χ3n) is 3.51. The van der Waals surface area contributed by atoms with Crippen LogP contribution >= 0.6 is 0 Å². The lowest BCUT2D eigenvalue weighted by molar-refractivity contribution is -0.0440. The van der Waals surface area contributed by atoms with Gasteiger partial charge in [0.1, 0.15) is 5.82 Å². The first-order chi connectivity index (χ1) is 10.8. The van der Waals surface area contributed by atoms with E-state index in [-0.39, 0.29) is 30.1 Å². The molecule has 0 saturated carbocycles. The van der Waals surface area contributed by atoms with Gasteiger partial charge in [-0.2, -0.15) is 4.31 Å². The van der Waals surface area contributed by atoms with Gasteiger partial charge in [-0.05, 0) is 32.0 Å². The van der Waals surface area contributed by atoms with Gasteiger partial charge in [0.15, 0.2) is 0 Å². The van der Waals surface area contributed by atoms with Crippen molar-refractivity contribution in [2.24, 2.45) is 0 Å². The summed E-state index contributed by atoms with van der Waals surface area (Å²) in [6.45, 7) is 4.24. The molecule has 0 bridgehead atoms. The van der Waals surface area contributed by atoms with E-state index in [0.717, 1.165) is 6.07 Å². The van der Waals surface area contributed by atoms with Crippen molar-refractivity contribution in [3.05, 3.63) is 35.6 Å². The zero-order valence-electron chi connectivity index (χ0n) is 13.2. The molecule has 1 aliphatic rings. The smallest absolute Gasteiger partial charge is 0.251 e. The Morgan fingerprint density at radius 2 is 2.00 bits per heavy atom. The first kappa shape index (κ1) is 17.8. The molecule has 0 aromatic heterocycles. The maximum absolute atomic E-state index is 13.1. The monoisotopic (exact) mass is 344 g/mol. The molecule has 1 heterocycles. The van der Waals surface area contributed by atoms with Crippen LogP contribution in [-0.2, 0) is 14.8 Å². The van der Waals surface area contributed by atoms with Gasteiger partial charge in [-0.15, -0.1) is 0 Å². The third-order valence-corrected chi connectivity index (χ3v) is 5.32. The number of sulfonamides is 1. The Balaban J connectivity index is 1.88. The molecule has 2 unspecified atom stereocenters.